The molecule has 0 radical (unpaired) electrons. The van der Waals surface area contributed by atoms with Crippen molar-refractivity contribution in [2.75, 3.05) is 13.6 Å². The average Bonchev–Trinajstić information content (AvgIpc) is 2.49. The highest BCUT2D eigenvalue weighted by molar-refractivity contribution is 8.00. The lowest BCUT2D eigenvalue weighted by Crippen LogP contribution is -2.49. The van der Waals surface area contributed by atoms with Crippen molar-refractivity contribution >= 4 is 23.6 Å². The standard InChI is InChI=1S/C13H17N5O2S/c1-9(19)12(21-10-6-4-3-5-7-10)11(8-16-18-14)17-13(20)15-2/h3-7,11-12H,8H2,1-2H3,(H2,15,17,20). The zero-order valence-electron chi connectivity index (χ0n) is 11.8. The van der Waals surface area contributed by atoms with Crippen LogP contribution >= 0.6 is 11.8 Å². The van der Waals surface area contributed by atoms with E-state index in [4.69, 9.17) is 5.53 Å². The molecule has 2 N–H and O–H groups in total. The first-order valence-corrected chi connectivity index (χ1v) is 7.17. The van der Waals surface area contributed by atoms with E-state index in [1.54, 1.807) is 0 Å². The van der Waals surface area contributed by atoms with Gasteiger partial charge in [-0.1, -0.05) is 23.3 Å². The molecule has 0 saturated carbocycles. The highest BCUT2D eigenvalue weighted by Crippen LogP contribution is 2.26. The Hall–Kier alpha value is -2.18. The maximum atomic E-state index is 11.9. The fraction of sp³-hybridized carbons (Fsp3) is 0.385. The van der Waals surface area contributed by atoms with Gasteiger partial charge in [-0.3, -0.25) is 4.79 Å². The Labute approximate surface area is 127 Å². The van der Waals surface area contributed by atoms with E-state index >= 15 is 0 Å². The van der Waals surface area contributed by atoms with E-state index < -0.39 is 17.3 Å². The maximum absolute atomic E-state index is 11.9. The van der Waals surface area contributed by atoms with E-state index in [9.17, 15) is 9.59 Å². The molecule has 1 aromatic rings. The van der Waals surface area contributed by atoms with E-state index in [2.05, 4.69) is 20.7 Å². The monoisotopic (exact) mass is 307 g/mol. The Morgan fingerprint density at radius 3 is 2.57 bits per heavy atom. The van der Waals surface area contributed by atoms with E-state index in [1.165, 1.54) is 25.7 Å². The summed E-state index contributed by atoms with van der Waals surface area (Å²) in [7, 11) is 1.48. The molecule has 0 aromatic heterocycles. The van der Waals surface area contributed by atoms with Gasteiger partial charge in [-0.05, 0) is 24.6 Å². The van der Waals surface area contributed by atoms with E-state index in [0.29, 0.717) is 0 Å². The minimum atomic E-state index is -0.580. The Bertz CT molecular complexity index is 531. The number of azide groups is 1. The second kappa shape index (κ2) is 8.89. The zero-order valence-corrected chi connectivity index (χ0v) is 12.6. The fourth-order valence-corrected chi connectivity index (χ4v) is 2.77. The summed E-state index contributed by atoms with van der Waals surface area (Å²) in [4.78, 5) is 27.0. The van der Waals surface area contributed by atoms with Crippen molar-refractivity contribution in [3.8, 4) is 0 Å². The van der Waals surface area contributed by atoms with Gasteiger partial charge in [-0.2, -0.15) is 0 Å². The SMILES string of the molecule is CNC(=O)NC(CN=[N+]=[N-])C(Sc1ccccc1)C(C)=O. The molecule has 2 unspecified atom stereocenters. The molecular formula is C13H17N5O2S. The third-order valence-corrected chi connectivity index (χ3v) is 4.12. The number of Topliss-reactive ketones (excluding diaryl/α,β-unsaturated/α-hetero) is 1. The van der Waals surface area contributed by atoms with Crippen LogP contribution in [0, 0.1) is 0 Å². The van der Waals surface area contributed by atoms with Crippen molar-refractivity contribution in [2.24, 2.45) is 5.11 Å². The highest BCUT2D eigenvalue weighted by Gasteiger charge is 2.27. The van der Waals surface area contributed by atoms with Crippen molar-refractivity contribution in [3.63, 3.8) is 0 Å². The fourth-order valence-electron chi connectivity index (χ4n) is 1.68. The van der Waals surface area contributed by atoms with Crippen molar-refractivity contribution < 1.29 is 9.59 Å². The second-order valence-electron chi connectivity index (χ2n) is 4.21. The van der Waals surface area contributed by atoms with Crippen molar-refractivity contribution in [2.45, 2.75) is 23.1 Å². The normalized spacial score (nSPS) is 12.7. The molecule has 0 saturated heterocycles. The van der Waals surface area contributed by atoms with Crippen LogP contribution in [0.15, 0.2) is 40.3 Å². The summed E-state index contributed by atoms with van der Waals surface area (Å²) in [5.74, 6) is -0.0987. The number of benzene rings is 1. The molecule has 0 aliphatic carbocycles. The molecule has 0 fully saturated rings. The number of hydrogen-bond acceptors (Lipinski definition) is 4. The predicted molar refractivity (Wildman–Crippen MR) is 82.2 cm³/mol. The molecule has 0 bridgehead atoms. The van der Waals surface area contributed by atoms with Crippen LogP contribution in [0.3, 0.4) is 0 Å². The van der Waals surface area contributed by atoms with Crippen molar-refractivity contribution in [3.05, 3.63) is 40.8 Å². The molecule has 1 aromatic carbocycles. The Morgan fingerprint density at radius 1 is 1.38 bits per heavy atom. The molecular weight excluding hydrogens is 290 g/mol. The van der Waals surface area contributed by atoms with Gasteiger partial charge in [0.25, 0.3) is 0 Å². The van der Waals surface area contributed by atoms with Crippen LogP contribution in [0.4, 0.5) is 4.79 Å². The van der Waals surface area contributed by atoms with Crippen LogP contribution in [0.1, 0.15) is 6.92 Å². The first kappa shape index (κ1) is 16.9. The number of ketones is 1. The first-order chi connectivity index (χ1) is 10.1. The average molecular weight is 307 g/mol. The lowest BCUT2D eigenvalue weighted by Gasteiger charge is -2.24. The first-order valence-electron chi connectivity index (χ1n) is 6.29. The molecule has 0 heterocycles. The van der Waals surface area contributed by atoms with Crippen molar-refractivity contribution in [1.29, 1.82) is 0 Å². The molecule has 1 rings (SSSR count). The van der Waals surface area contributed by atoms with Gasteiger partial charge in [0.05, 0.1) is 11.3 Å². The van der Waals surface area contributed by atoms with Crippen LogP contribution in [0.5, 0.6) is 0 Å². The number of carbonyl (C=O) groups excluding carboxylic acids is 2. The summed E-state index contributed by atoms with van der Waals surface area (Å²) in [5.41, 5.74) is 8.45. The molecule has 0 aliphatic rings. The quantitative estimate of drug-likeness (QED) is 0.349. The third-order valence-electron chi connectivity index (χ3n) is 2.66. The summed E-state index contributed by atoms with van der Waals surface area (Å²) in [5, 5.41) is 8.02. The summed E-state index contributed by atoms with van der Waals surface area (Å²) in [6.45, 7) is 1.46. The number of rotatable bonds is 7. The number of nitrogens with zero attached hydrogens (tertiary/aromatic N) is 3. The lowest BCUT2D eigenvalue weighted by atomic mass is 10.1. The highest BCUT2D eigenvalue weighted by atomic mass is 32.2. The number of thioether (sulfide) groups is 1. The number of carbonyl (C=O) groups is 2. The molecule has 7 nitrogen and oxygen atoms in total. The van der Waals surface area contributed by atoms with Gasteiger partial charge in [-0.15, -0.1) is 11.8 Å². The Balaban J connectivity index is 2.92. The predicted octanol–water partition coefficient (Wildman–Crippen LogP) is 2.34. The van der Waals surface area contributed by atoms with E-state index in [0.717, 1.165) is 4.90 Å². The lowest BCUT2D eigenvalue weighted by molar-refractivity contribution is -0.116. The molecule has 8 heteroatoms. The molecule has 0 spiro atoms. The summed E-state index contributed by atoms with van der Waals surface area (Å²) in [6.07, 6.45) is 0. The van der Waals surface area contributed by atoms with Gasteiger partial charge < -0.3 is 10.6 Å². The summed E-state index contributed by atoms with van der Waals surface area (Å²) >= 11 is 1.33. The van der Waals surface area contributed by atoms with Crippen LogP contribution < -0.4 is 10.6 Å². The Kier molecular flexibility index (Phi) is 7.14. The molecule has 112 valence electrons. The molecule has 0 aliphatic heterocycles. The minimum absolute atomic E-state index is 0.00794. The van der Waals surface area contributed by atoms with Gasteiger partial charge in [0.1, 0.15) is 5.78 Å². The van der Waals surface area contributed by atoms with Gasteiger partial charge in [-0.25, -0.2) is 4.79 Å². The molecule has 21 heavy (non-hydrogen) atoms. The number of amides is 2. The van der Waals surface area contributed by atoms with Gasteiger partial charge >= 0.3 is 6.03 Å². The molecule has 2 atom stereocenters. The van der Waals surface area contributed by atoms with Gasteiger partial charge in [0.2, 0.25) is 0 Å². The summed E-state index contributed by atoms with van der Waals surface area (Å²) in [6, 6.07) is 8.38. The zero-order chi connectivity index (χ0) is 15.7. The number of nitrogens with one attached hydrogen (secondary N) is 2. The van der Waals surface area contributed by atoms with Crippen LogP contribution in [0.25, 0.3) is 10.4 Å². The van der Waals surface area contributed by atoms with Gasteiger partial charge in [0, 0.05) is 23.4 Å². The van der Waals surface area contributed by atoms with E-state index in [1.807, 2.05) is 30.3 Å². The number of hydrogen-bond donors (Lipinski definition) is 2. The smallest absolute Gasteiger partial charge is 0.314 e. The van der Waals surface area contributed by atoms with Crippen LogP contribution in [0.2, 0.25) is 0 Å². The number of urea groups is 1. The minimum Gasteiger partial charge on any atom is -0.341 e. The summed E-state index contributed by atoms with van der Waals surface area (Å²) < 4.78 is 0. The topological polar surface area (TPSA) is 107 Å². The van der Waals surface area contributed by atoms with Gasteiger partial charge in [0.15, 0.2) is 0 Å². The third kappa shape index (κ3) is 5.76. The van der Waals surface area contributed by atoms with Crippen LogP contribution in [-0.4, -0.2) is 36.7 Å². The van der Waals surface area contributed by atoms with Crippen LogP contribution in [-0.2, 0) is 4.79 Å². The van der Waals surface area contributed by atoms with Crippen molar-refractivity contribution in [1.82, 2.24) is 10.6 Å². The second-order valence-corrected chi connectivity index (χ2v) is 5.42. The largest absolute Gasteiger partial charge is 0.341 e. The molecule has 2 amide bonds. The Morgan fingerprint density at radius 2 is 2.05 bits per heavy atom. The van der Waals surface area contributed by atoms with E-state index in [-0.39, 0.29) is 12.3 Å². The maximum Gasteiger partial charge on any atom is 0.314 e.